The molecule has 0 aromatic rings. The van der Waals surface area contributed by atoms with Gasteiger partial charge in [0.25, 0.3) is 0 Å². The van der Waals surface area contributed by atoms with Crippen LogP contribution in [0.4, 0.5) is 0 Å². The van der Waals surface area contributed by atoms with Gasteiger partial charge in [-0.1, -0.05) is 19.6 Å². The first-order valence-electron chi connectivity index (χ1n) is 6.08. The monoisotopic (exact) mass is 248 g/mol. The summed E-state index contributed by atoms with van der Waals surface area (Å²) in [6.45, 7) is 9.88. The highest BCUT2D eigenvalue weighted by Gasteiger charge is 2.24. The molecule has 0 saturated heterocycles. The molecule has 17 heavy (non-hydrogen) atoms. The Morgan fingerprint density at radius 2 is 2.12 bits per heavy atom. The molecule has 0 aromatic carbocycles. The second-order valence-corrected chi connectivity index (χ2v) is 11.4. The van der Waals surface area contributed by atoms with Crippen LogP contribution in [0.25, 0.3) is 0 Å². The second kappa shape index (κ2) is 4.70. The number of ether oxygens (including phenoxy) is 1. The molecule has 1 unspecified atom stereocenters. The zero-order chi connectivity index (χ0) is 12.5. The Hall–Kier alpha value is -1.00. The maximum absolute atomic E-state index is 5.90. The molecule has 2 aliphatic rings. The van der Waals surface area contributed by atoms with Crippen molar-refractivity contribution in [3.63, 3.8) is 0 Å². The zero-order valence-electron chi connectivity index (χ0n) is 11.0. The molecule has 0 aliphatic carbocycles. The van der Waals surface area contributed by atoms with Crippen molar-refractivity contribution in [3.8, 4) is 0 Å². The van der Waals surface area contributed by atoms with Gasteiger partial charge >= 0.3 is 0 Å². The number of fused-ring (bicyclic) bond motifs is 1. The Bertz CT molecular complexity index is 427. The average molecular weight is 248 g/mol. The molecule has 2 rings (SSSR count). The molecule has 0 radical (unpaired) electrons. The standard InChI is InChI=1S/C13H20N2OSi/c1-10-7-11-8-14-9-12(13(11)15-10)16-5-6-17(2,3)4/h7-9,12H,5-6H2,1-4H3. The molecule has 2 heterocycles. The van der Waals surface area contributed by atoms with Gasteiger partial charge in [0, 0.05) is 38.4 Å². The van der Waals surface area contributed by atoms with Crippen molar-refractivity contribution in [2.75, 3.05) is 6.61 Å². The molecule has 0 aromatic heterocycles. The van der Waals surface area contributed by atoms with Crippen molar-refractivity contribution in [2.24, 2.45) is 9.98 Å². The predicted octanol–water partition coefficient (Wildman–Crippen LogP) is 3.04. The Labute approximate surface area is 104 Å². The molecular formula is C13H20N2OSi. The van der Waals surface area contributed by atoms with Crippen molar-refractivity contribution in [3.05, 3.63) is 23.5 Å². The Balaban J connectivity index is 1.94. The summed E-state index contributed by atoms with van der Waals surface area (Å²) in [6.07, 6.45) is 5.70. The van der Waals surface area contributed by atoms with Crippen molar-refractivity contribution in [1.29, 1.82) is 0 Å². The van der Waals surface area contributed by atoms with Crippen LogP contribution in [0.15, 0.2) is 33.5 Å². The fourth-order valence-corrected chi connectivity index (χ4v) is 2.53. The normalized spacial score (nSPS) is 23.1. The summed E-state index contributed by atoms with van der Waals surface area (Å²) >= 11 is 0. The lowest BCUT2D eigenvalue weighted by Crippen LogP contribution is -2.30. The van der Waals surface area contributed by atoms with Gasteiger partial charge < -0.3 is 4.74 Å². The Kier molecular flexibility index (Phi) is 3.44. The first-order valence-corrected chi connectivity index (χ1v) is 9.79. The van der Waals surface area contributed by atoms with Crippen LogP contribution >= 0.6 is 0 Å². The fourth-order valence-electron chi connectivity index (χ4n) is 1.80. The van der Waals surface area contributed by atoms with E-state index in [9.17, 15) is 0 Å². The van der Waals surface area contributed by atoms with Gasteiger partial charge in [0.15, 0.2) is 0 Å². The Morgan fingerprint density at radius 3 is 2.82 bits per heavy atom. The van der Waals surface area contributed by atoms with Gasteiger partial charge in [-0.25, -0.2) is 0 Å². The van der Waals surface area contributed by atoms with Gasteiger partial charge in [-0.3, -0.25) is 9.98 Å². The van der Waals surface area contributed by atoms with Crippen LogP contribution in [0.5, 0.6) is 0 Å². The van der Waals surface area contributed by atoms with Crippen molar-refractivity contribution < 1.29 is 4.74 Å². The SMILES string of the molecule is CC1=CC2=CN=CC(OCC[Si](C)(C)C)C2=N1. The van der Waals surface area contributed by atoms with Crippen LogP contribution in [0, 0.1) is 0 Å². The van der Waals surface area contributed by atoms with Crippen LogP contribution in [0.1, 0.15) is 6.92 Å². The fraction of sp³-hybridized carbons (Fsp3) is 0.538. The summed E-state index contributed by atoms with van der Waals surface area (Å²) < 4.78 is 5.90. The van der Waals surface area contributed by atoms with Crippen LogP contribution in [0.3, 0.4) is 0 Å². The maximum atomic E-state index is 5.90. The van der Waals surface area contributed by atoms with E-state index in [1.165, 1.54) is 6.04 Å². The van der Waals surface area contributed by atoms with Crippen LogP contribution < -0.4 is 0 Å². The van der Waals surface area contributed by atoms with Crippen molar-refractivity contribution >= 4 is 20.0 Å². The summed E-state index contributed by atoms with van der Waals surface area (Å²) in [7, 11) is -1.03. The molecule has 2 aliphatic heterocycles. The lowest BCUT2D eigenvalue weighted by atomic mass is 10.1. The van der Waals surface area contributed by atoms with E-state index in [1.54, 1.807) is 0 Å². The molecule has 1 atom stereocenters. The molecule has 0 spiro atoms. The first kappa shape index (κ1) is 12.5. The molecule has 0 fully saturated rings. The number of hydrogen-bond donors (Lipinski definition) is 0. The van der Waals surface area contributed by atoms with Gasteiger partial charge in [-0.2, -0.15) is 0 Å². The summed E-state index contributed by atoms with van der Waals surface area (Å²) in [5.41, 5.74) is 3.16. The van der Waals surface area contributed by atoms with Gasteiger partial charge in [-0.05, 0) is 19.0 Å². The minimum absolute atomic E-state index is 0.0555. The quantitative estimate of drug-likeness (QED) is 0.704. The van der Waals surface area contributed by atoms with E-state index in [0.717, 1.165) is 23.6 Å². The third-order valence-electron chi connectivity index (χ3n) is 2.81. The molecule has 0 N–H and O–H groups in total. The highest BCUT2D eigenvalue weighted by molar-refractivity contribution is 6.76. The van der Waals surface area contributed by atoms with Crippen LogP contribution in [-0.2, 0) is 4.74 Å². The summed E-state index contributed by atoms with van der Waals surface area (Å²) in [4.78, 5) is 8.74. The lowest BCUT2D eigenvalue weighted by Gasteiger charge is -2.20. The highest BCUT2D eigenvalue weighted by Crippen LogP contribution is 2.22. The highest BCUT2D eigenvalue weighted by atomic mass is 28.3. The second-order valence-electron chi connectivity index (χ2n) is 5.77. The molecular weight excluding hydrogens is 228 g/mol. The zero-order valence-corrected chi connectivity index (χ0v) is 12.0. The van der Waals surface area contributed by atoms with Crippen LogP contribution in [-0.4, -0.2) is 32.7 Å². The number of hydrogen-bond acceptors (Lipinski definition) is 3. The summed E-state index contributed by atoms with van der Waals surface area (Å²) in [5, 5.41) is 0. The van der Waals surface area contributed by atoms with E-state index in [-0.39, 0.29) is 6.10 Å². The van der Waals surface area contributed by atoms with Crippen molar-refractivity contribution in [2.45, 2.75) is 38.7 Å². The summed E-state index contributed by atoms with van der Waals surface area (Å²) in [5.74, 6) is 0. The van der Waals surface area contributed by atoms with E-state index in [4.69, 9.17) is 4.74 Å². The topological polar surface area (TPSA) is 34.0 Å². The molecule has 0 bridgehead atoms. The van der Waals surface area contributed by atoms with Gasteiger partial charge in [-0.15, -0.1) is 0 Å². The molecule has 3 nitrogen and oxygen atoms in total. The maximum Gasteiger partial charge on any atom is 0.135 e. The molecule has 4 heteroatoms. The van der Waals surface area contributed by atoms with E-state index in [1.807, 2.05) is 19.3 Å². The van der Waals surface area contributed by atoms with Gasteiger partial charge in [0.05, 0.1) is 5.71 Å². The smallest absolute Gasteiger partial charge is 0.135 e. The largest absolute Gasteiger partial charge is 0.366 e. The average Bonchev–Trinajstić information content (AvgIpc) is 2.57. The number of aliphatic imine (C=N–C) groups is 2. The number of rotatable bonds is 4. The third kappa shape index (κ3) is 3.23. The minimum atomic E-state index is -1.03. The minimum Gasteiger partial charge on any atom is -0.366 e. The lowest BCUT2D eigenvalue weighted by molar-refractivity contribution is 0.153. The van der Waals surface area contributed by atoms with Gasteiger partial charge in [0.1, 0.15) is 6.10 Å². The van der Waals surface area contributed by atoms with E-state index >= 15 is 0 Å². The third-order valence-corrected chi connectivity index (χ3v) is 4.52. The van der Waals surface area contributed by atoms with Crippen LogP contribution in [0.2, 0.25) is 25.7 Å². The Morgan fingerprint density at radius 1 is 1.35 bits per heavy atom. The van der Waals surface area contributed by atoms with Crippen molar-refractivity contribution in [1.82, 2.24) is 0 Å². The predicted molar refractivity (Wildman–Crippen MR) is 75.7 cm³/mol. The van der Waals surface area contributed by atoms with Gasteiger partial charge in [0.2, 0.25) is 0 Å². The molecule has 0 amide bonds. The van der Waals surface area contributed by atoms with E-state index in [2.05, 4.69) is 35.7 Å². The first-order chi connectivity index (χ1) is 7.96. The number of allylic oxidation sites excluding steroid dienone is 2. The van der Waals surface area contributed by atoms with E-state index in [0.29, 0.717) is 0 Å². The molecule has 92 valence electrons. The summed E-state index contributed by atoms with van der Waals surface area (Å²) in [6, 6.07) is 1.18. The molecule has 0 saturated carbocycles. The number of nitrogens with zero attached hydrogens (tertiary/aromatic N) is 2. The van der Waals surface area contributed by atoms with E-state index < -0.39 is 8.07 Å².